The number of carbonyl (C=O) groups is 2. The molecule has 7 heteroatoms. The molecule has 0 aliphatic carbocycles. The molecule has 3 aromatic rings. The summed E-state index contributed by atoms with van der Waals surface area (Å²) in [7, 11) is 1.62. The van der Waals surface area contributed by atoms with E-state index in [-0.39, 0.29) is 30.5 Å². The van der Waals surface area contributed by atoms with E-state index in [4.69, 9.17) is 9.47 Å². The molecule has 5 nitrogen and oxygen atoms in total. The van der Waals surface area contributed by atoms with Gasteiger partial charge in [0, 0.05) is 7.05 Å². The molecule has 1 aromatic heterocycles. The number of nitrogens with zero attached hydrogens (tertiary/aromatic N) is 1. The van der Waals surface area contributed by atoms with Crippen LogP contribution in [-0.4, -0.2) is 32.1 Å². The largest absolute Gasteiger partial charge is 0.490 e. The summed E-state index contributed by atoms with van der Waals surface area (Å²) < 4.78 is 23.5. The number of anilines is 1. The van der Waals surface area contributed by atoms with E-state index in [0.29, 0.717) is 16.3 Å². The number of esters is 1. The Morgan fingerprint density at radius 2 is 1.75 bits per heavy atom. The van der Waals surface area contributed by atoms with Crippen molar-refractivity contribution in [3.8, 4) is 5.75 Å². The van der Waals surface area contributed by atoms with Crippen LogP contribution >= 0.6 is 11.3 Å². The number of ether oxygens (including phenoxy) is 2. The lowest BCUT2D eigenvalue weighted by molar-refractivity contribution is 0.0451. The molecule has 0 atom stereocenters. The Balaban J connectivity index is 1.60. The van der Waals surface area contributed by atoms with Crippen LogP contribution in [-0.2, 0) is 4.74 Å². The van der Waals surface area contributed by atoms with E-state index in [1.807, 2.05) is 5.38 Å². The number of amides is 1. The Hall–Kier alpha value is -3.19. The number of hydrogen-bond acceptors (Lipinski definition) is 5. The molecular formula is C21H18FNO4S. The van der Waals surface area contributed by atoms with Crippen LogP contribution in [0.1, 0.15) is 20.0 Å². The second-order valence-electron chi connectivity index (χ2n) is 5.80. The molecule has 0 N–H and O–H groups in total. The van der Waals surface area contributed by atoms with Crippen molar-refractivity contribution < 1.29 is 23.5 Å². The zero-order valence-electron chi connectivity index (χ0n) is 15.1. The molecule has 0 radical (unpaired) electrons. The minimum absolute atomic E-state index is 0.0210. The number of halogens is 1. The standard InChI is InChI=1S/C21H18FNO4S/c1-23(20(24)19-7-4-14-28-19)18-6-3-2-5-17(18)21(25)27-13-12-26-16-10-8-15(22)9-11-16/h2-11,14H,12-13H2,1H3. The fourth-order valence-electron chi connectivity index (χ4n) is 2.52. The van der Waals surface area contributed by atoms with Crippen LogP contribution in [0.25, 0.3) is 0 Å². The number of carbonyl (C=O) groups excluding carboxylic acids is 2. The van der Waals surface area contributed by atoms with Crippen LogP contribution in [0.5, 0.6) is 5.75 Å². The smallest absolute Gasteiger partial charge is 0.340 e. The van der Waals surface area contributed by atoms with Gasteiger partial charge in [-0.3, -0.25) is 4.79 Å². The maximum atomic E-state index is 12.9. The molecule has 1 heterocycles. The van der Waals surface area contributed by atoms with Crippen molar-refractivity contribution >= 4 is 28.9 Å². The fourth-order valence-corrected chi connectivity index (χ4v) is 3.21. The second-order valence-corrected chi connectivity index (χ2v) is 6.74. The van der Waals surface area contributed by atoms with Gasteiger partial charge in [-0.15, -0.1) is 11.3 Å². The lowest BCUT2D eigenvalue weighted by Gasteiger charge is -2.19. The van der Waals surface area contributed by atoms with Gasteiger partial charge in [0.25, 0.3) is 5.91 Å². The normalized spacial score (nSPS) is 10.4. The van der Waals surface area contributed by atoms with E-state index in [9.17, 15) is 14.0 Å². The third-order valence-corrected chi connectivity index (χ3v) is 4.78. The summed E-state index contributed by atoms with van der Waals surface area (Å²) in [5.41, 5.74) is 0.752. The lowest BCUT2D eigenvalue weighted by Crippen LogP contribution is -2.27. The van der Waals surface area contributed by atoms with Crippen molar-refractivity contribution in [2.75, 3.05) is 25.2 Å². The maximum absolute atomic E-state index is 12.9. The average Bonchev–Trinajstić information content (AvgIpc) is 3.26. The first-order valence-electron chi connectivity index (χ1n) is 8.52. The highest BCUT2D eigenvalue weighted by Gasteiger charge is 2.20. The third-order valence-electron chi connectivity index (χ3n) is 3.92. The van der Waals surface area contributed by atoms with Crippen molar-refractivity contribution in [2.45, 2.75) is 0 Å². The minimum atomic E-state index is -0.552. The highest BCUT2D eigenvalue weighted by atomic mass is 32.1. The van der Waals surface area contributed by atoms with E-state index < -0.39 is 5.97 Å². The Morgan fingerprint density at radius 3 is 2.46 bits per heavy atom. The second kappa shape index (κ2) is 9.14. The number of benzene rings is 2. The van der Waals surface area contributed by atoms with Gasteiger partial charge in [-0.1, -0.05) is 18.2 Å². The van der Waals surface area contributed by atoms with E-state index in [0.717, 1.165) is 0 Å². The van der Waals surface area contributed by atoms with Crippen molar-refractivity contribution in [2.24, 2.45) is 0 Å². The summed E-state index contributed by atoms with van der Waals surface area (Å²) in [5, 5.41) is 1.82. The predicted octanol–water partition coefficient (Wildman–Crippen LogP) is 4.40. The summed E-state index contributed by atoms with van der Waals surface area (Å²) in [6, 6.07) is 15.9. The van der Waals surface area contributed by atoms with Crippen LogP contribution < -0.4 is 9.64 Å². The molecule has 0 aliphatic heterocycles. The van der Waals surface area contributed by atoms with Crippen molar-refractivity contribution in [1.29, 1.82) is 0 Å². The molecule has 0 unspecified atom stereocenters. The van der Waals surface area contributed by atoms with Crippen LogP contribution in [0.4, 0.5) is 10.1 Å². The summed E-state index contributed by atoms with van der Waals surface area (Å²) in [5.74, 6) is -0.616. The lowest BCUT2D eigenvalue weighted by atomic mass is 10.1. The first kappa shape index (κ1) is 19.6. The third kappa shape index (κ3) is 4.75. The van der Waals surface area contributed by atoms with Gasteiger partial charge in [-0.25, -0.2) is 9.18 Å². The Morgan fingerprint density at radius 1 is 1.00 bits per heavy atom. The number of thiophene rings is 1. The molecule has 0 aliphatic rings. The topological polar surface area (TPSA) is 55.8 Å². The van der Waals surface area contributed by atoms with Crippen molar-refractivity contribution in [3.63, 3.8) is 0 Å². The van der Waals surface area contributed by atoms with E-state index in [1.54, 1.807) is 43.4 Å². The minimum Gasteiger partial charge on any atom is -0.490 e. The first-order chi connectivity index (χ1) is 13.6. The molecule has 1 amide bonds. The van der Waals surface area contributed by atoms with Gasteiger partial charge in [0.15, 0.2) is 0 Å². The molecule has 144 valence electrons. The van der Waals surface area contributed by atoms with Crippen LogP contribution in [0.2, 0.25) is 0 Å². The molecule has 3 rings (SSSR count). The summed E-state index contributed by atoms with van der Waals surface area (Å²) in [6.45, 7) is 0.149. The van der Waals surface area contributed by atoms with E-state index in [2.05, 4.69) is 0 Å². The fraction of sp³-hybridized carbons (Fsp3) is 0.143. The Kier molecular flexibility index (Phi) is 6.39. The highest BCUT2D eigenvalue weighted by Crippen LogP contribution is 2.23. The molecule has 28 heavy (non-hydrogen) atoms. The van der Waals surface area contributed by atoms with Gasteiger partial charge in [-0.2, -0.15) is 0 Å². The summed E-state index contributed by atoms with van der Waals surface area (Å²) in [6.07, 6.45) is 0. The maximum Gasteiger partial charge on any atom is 0.340 e. The SMILES string of the molecule is CN(C(=O)c1cccs1)c1ccccc1C(=O)OCCOc1ccc(F)cc1. The molecule has 0 saturated heterocycles. The van der Waals surface area contributed by atoms with Crippen molar-refractivity contribution in [3.05, 3.63) is 82.3 Å². The van der Waals surface area contributed by atoms with E-state index >= 15 is 0 Å². The molecular weight excluding hydrogens is 381 g/mol. The van der Waals surface area contributed by atoms with E-state index in [1.165, 1.54) is 40.5 Å². The van der Waals surface area contributed by atoms with Crippen LogP contribution in [0.15, 0.2) is 66.0 Å². The molecule has 0 bridgehead atoms. The van der Waals surface area contributed by atoms with Crippen LogP contribution in [0.3, 0.4) is 0 Å². The average molecular weight is 399 g/mol. The Bertz CT molecular complexity index is 941. The Labute approximate surface area is 165 Å². The monoisotopic (exact) mass is 399 g/mol. The van der Waals surface area contributed by atoms with Gasteiger partial charge < -0.3 is 14.4 Å². The first-order valence-corrected chi connectivity index (χ1v) is 9.40. The van der Waals surface area contributed by atoms with Crippen LogP contribution in [0, 0.1) is 5.82 Å². The predicted molar refractivity (Wildman–Crippen MR) is 106 cm³/mol. The molecule has 2 aromatic carbocycles. The quantitative estimate of drug-likeness (QED) is 0.437. The number of rotatable bonds is 7. The van der Waals surface area contributed by atoms with Gasteiger partial charge in [0.1, 0.15) is 24.8 Å². The summed E-state index contributed by atoms with van der Waals surface area (Å²) in [4.78, 5) is 27.0. The van der Waals surface area contributed by atoms with Gasteiger partial charge in [-0.05, 0) is 47.8 Å². The molecule has 0 fully saturated rings. The van der Waals surface area contributed by atoms with Gasteiger partial charge >= 0.3 is 5.97 Å². The number of hydrogen-bond donors (Lipinski definition) is 0. The number of para-hydroxylation sites is 1. The highest BCUT2D eigenvalue weighted by molar-refractivity contribution is 7.12. The molecule has 0 saturated carbocycles. The van der Waals surface area contributed by atoms with Crippen molar-refractivity contribution in [1.82, 2.24) is 0 Å². The zero-order chi connectivity index (χ0) is 19.9. The van der Waals surface area contributed by atoms with Gasteiger partial charge in [0.05, 0.1) is 16.1 Å². The summed E-state index contributed by atoms with van der Waals surface area (Å²) >= 11 is 1.34. The molecule has 0 spiro atoms. The van der Waals surface area contributed by atoms with Gasteiger partial charge in [0.2, 0.25) is 0 Å². The zero-order valence-corrected chi connectivity index (χ0v) is 15.9.